The van der Waals surface area contributed by atoms with Crippen LogP contribution in [0.4, 0.5) is 5.69 Å². The van der Waals surface area contributed by atoms with E-state index >= 15 is 0 Å². The zero-order valence-electron chi connectivity index (χ0n) is 16.2. The van der Waals surface area contributed by atoms with Crippen LogP contribution in [0.15, 0.2) is 59.7 Å². The molecule has 0 unspecified atom stereocenters. The number of rotatable bonds is 7. The van der Waals surface area contributed by atoms with Crippen LogP contribution in [0.1, 0.15) is 42.9 Å². The normalized spacial score (nSPS) is 16.0. The second-order valence-electron chi connectivity index (χ2n) is 7.10. The number of hydrogen-bond donors (Lipinski definition) is 1. The van der Waals surface area contributed by atoms with Gasteiger partial charge in [0.25, 0.3) is 0 Å². The van der Waals surface area contributed by atoms with Crippen molar-refractivity contribution in [2.24, 2.45) is 5.10 Å². The fourth-order valence-corrected chi connectivity index (χ4v) is 3.30. The summed E-state index contributed by atoms with van der Waals surface area (Å²) in [6.45, 7) is 0. The van der Waals surface area contributed by atoms with Crippen molar-refractivity contribution in [1.82, 2.24) is 5.01 Å². The Balaban J connectivity index is 1.84. The lowest BCUT2D eigenvalue weighted by Crippen LogP contribution is -2.27. The molecule has 0 bridgehead atoms. The van der Waals surface area contributed by atoms with Crippen LogP contribution >= 0.6 is 0 Å². The molecule has 146 valence electrons. The minimum Gasteiger partial charge on any atom is -0.481 e. The van der Waals surface area contributed by atoms with Gasteiger partial charge < -0.3 is 10.0 Å². The molecule has 1 atom stereocenters. The van der Waals surface area contributed by atoms with Crippen LogP contribution in [0.25, 0.3) is 0 Å². The van der Waals surface area contributed by atoms with Gasteiger partial charge in [0, 0.05) is 39.0 Å². The van der Waals surface area contributed by atoms with Gasteiger partial charge in [-0.15, -0.1) is 0 Å². The van der Waals surface area contributed by atoms with Crippen molar-refractivity contribution in [3.05, 3.63) is 65.7 Å². The van der Waals surface area contributed by atoms with Crippen molar-refractivity contribution in [1.29, 1.82) is 0 Å². The van der Waals surface area contributed by atoms with Crippen molar-refractivity contribution >= 4 is 23.3 Å². The second kappa shape index (κ2) is 8.69. The van der Waals surface area contributed by atoms with Crippen LogP contribution in [-0.2, 0) is 9.59 Å². The van der Waals surface area contributed by atoms with E-state index in [1.54, 1.807) is 0 Å². The highest BCUT2D eigenvalue weighted by molar-refractivity contribution is 6.03. The number of carbonyl (C=O) groups excluding carboxylic acids is 1. The molecule has 1 aliphatic heterocycles. The summed E-state index contributed by atoms with van der Waals surface area (Å²) in [4.78, 5) is 25.6. The smallest absolute Gasteiger partial charge is 0.303 e. The highest BCUT2D eigenvalue weighted by Crippen LogP contribution is 2.34. The van der Waals surface area contributed by atoms with Crippen molar-refractivity contribution in [3.8, 4) is 0 Å². The Labute approximate surface area is 165 Å². The Bertz CT molecular complexity index is 860. The molecule has 2 aromatic rings. The summed E-state index contributed by atoms with van der Waals surface area (Å²) >= 11 is 0. The Kier molecular flexibility index (Phi) is 6.09. The van der Waals surface area contributed by atoms with Crippen molar-refractivity contribution in [2.75, 3.05) is 19.0 Å². The molecule has 1 N–H and O–H groups in total. The zero-order valence-corrected chi connectivity index (χ0v) is 16.2. The first-order chi connectivity index (χ1) is 13.5. The number of nitrogens with zero attached hydrogens (tertiary/aromatic N) is 3. The first kappa shape index (κ1) is 19.6. The molecular weight excluding hydrogens is 354 g/mol. The SMILES string of the molecule is CN(C)c1ccc([C@H]2CC(c3ccccc3)=NN2C(=O)CCCC(=O)O)cc1. The maximum atomic E-state index is 12.8. The Morgan fingerprint density at radius 3 is 2.36 bits per heavy atom. The van der Waals surface area contributed by atoms with Crippen LogP contribution in [0.5, 0.6) is 0 Å². The summed E-state index contributed by atoms with van der Waals surface area (Å²) < 4.78 is 0. The van der Waals surface area contributed by atoms with E-state index < -0.39 is 5.97 Å². The third-order valence-corrected chi connectivity index (χ3v) is 4.85. The summed E-state index contributed by atoms with van der Waals surface area (Å²) in [5.74, 6) is -1.03. The molecule has 6 nitrogen and oxygen atoms in total. The summed E-state index contributed by atoms with van der Waals surface area (Å²) in [6, 6.07) is 17.8. The lowest BCUT2D eigenvalue weighted by atomic mass is 9.98. The first-order valence-electron chi connectivity index (χ1n) is 9.39. The number of benzene rings is 2. The average Bonchev–Trinajstić information content (AvgIpc) is 3.14. The largest absolute Gasteiger partial charge is 0.481 e. The molecule has 0 saturated heterocycles. The van der Waals surface area contributed by atoms with Crippen LogP contribution < -0.4 is 4.90 Å². The number of carboxylic acids is 1. The minimum absolute atomic E-state index is 0.0168. The van der Waals surface area contributed by atoms with E-state index in [0.29, 0.717) is 12.8 Å². The van der Waals surface area contributed by atoms with E-state index in [4.69, 9.17) is 5.11 Å². The zero-order chi connectivity index (χ0) is 20.1. The molecule has 28 heavy (non-hydrogen) atoms. The predicted molar refractivity (Wildman–Crippen MR) is 109 cm³/mol. The number of hydrogen-bond acceptors (Lipinski definition) is 4. The van der Waals surface area contributed by atoms with Crippen LogP contribution in [-0.4, -0.2) is 41.8 Å². The molecule has 0 aromatic heterocycles. The third-order valence-electron chi connectivity index (χ3n) is 4.85. The molecule has 2 aromatic carbocycles. The number of amides is 1. The minimum atomic E-state index is -0.890. The first-order valence-corrected chi connectivity index (χ1v) is 9.39. The van der Waals surface area contributed by atoms with Crippen LogP contribution in [0, 0.1) is 0 Å². The van der Waals surface area contributed by atoms with E-state index in [1.807, 2.05) is 73.6 Å². The summed E-state index contributed by atoms with van der Waals surface area (Å²) in [7, 11) is 3.97. The molecule has 0 aliphatic carbocycles. The van der Waals surface area contributed by atoms with Gasteiger partial charge >= 0.3 is 5.97 Å². The predicted octanol–water partition coefficient (Wildman–Crippen LogP) is 3.69. The quantitative estimate of drug-likeness (QED) is 0.796. The fraction of sp³-hybridized carbons (Fsp3) is 0.318. The average molecular weight is 379 g/mol. The lowest BCUT2D eigenvalue weighted by Gasteiger charge is -2.23. The van der Waals surface area contributed by atoms with E-state index in [1.165, 1.54) is 5.01 Å². The number of aliphatic carboxylic acids is 1. The van der Waals surface area contributed by atoms with E-state index in [2.05, 4.69) is 5.10 Å². The maximum absolute atomic E-state index is 12.8. The Morgan fingerprint density at radius 1 is 1.07 bits per heavy atom. The second-order valence-corrected chi connectivity index (χ2v) is 7.10. The molecule has 3 rings (SSSR count). The number of carbonyl (C=O) groups is 2. The summed E-state index contributed by atoms with van der Waals surface area (Å²) in [5, 5.41) is 15.0. The standard InChI is InChI=1S/C22H25N3O3/c1-24(2)18-13-11-17(12-14-18)20-15-19(16-7-4-3-5-8-16)23-25(20)21(26)9-6-10-22(27)28/h3-5,7-8,11-14,20H,6,9-10,15H2,1-2H3,(H,27,28)/t20-/m1/s1. The topological polar surface area (TPSA) is 73.2 Å². The molecule has 0 saturated carbocycles. The molecule has 0 radical (unpaired) electrons. The lowest BCUT2D eigenvalue weighted by molar-refractivity contribution is -0.137. The maximum Gasteiger partial charge on any atom is 0.303 e. The van der Waals surface area contributed by atoms with Gasteiger partial charge in [-0.2, -0.15) is 5.10 Å². The van der Waals surface area contributed by atoms with Crippen molar-refractivity contribution in [3.63, 3.8) is 0 Å². The van der Waals surface area contributed by atoms with Crippen molar-refractivity contribution in [2.45, 2.75) is 31.7 Å². The van der Waals surface area contributed by atoms with Crippen molar-refractivity contribution < 1.29 is 14.7 Å². The Morgan fingerprint density at radius 2 is 1.75 bits per heavy atom. The number of hydrazone groups is 1. The molecule has 1 aliphatic rings. The molecule has 6 heteroatoms. The highest BCUT2D eigenvalue weighted by Gasteiger charge is 2.32. The summed E-state index contributed by atoms with van der Waals surface area (Å²) in [5.41, 5.74) is 3.98. The molecule has 0 fully saturated rings. The van der Waals surface area contributed by atoms with Gasteiger partial charge in [0.05, 0.1) is 11.8 Å². The van der Waals surface area contributed by atoms with Gasteiger partial charge in [-0.3, -0.25) is 9.59 Å². The van der Waals surface area contributed by atoms with Crippen LogP contribution in [0.3, 0.4) is 0 Å². The third kappa shape index (κ3) is 4.57. The van der Waals surface area contributed by atoms with Gasteiger partial charge in [0.15, 0.2) is 0 Å². The molecule has 1 heterocycles. The van der Waals surface area contributed by atoms with Gasteiger partial charge in [-0.05, 0) is 29.7 Å². The summed E-state index contributed by atoms with van der Waals surface area (Å²) in [6.07, 6.45) is 1.10. The van der Waals surface area contributed by atoms with Gasteiger partial charge in [0.1, 0.15) is 0 Å². The van der Waals surface area contributed by atoms with E-state index in [-0.39, 0.29) is 24.8 Å². The molecular formula is C22H25N3O3. The Hall–Kier alpha value is -3.15. The van der Waals surface area contributed by atoms with Gasteiger partial charge in [-0.25, -0.2) is 5.01 Å². The molecule has 1 amide bonds. The van der Waals surface area contributed by atoms with Gasteiger partial charge in [-0.1, -0.05) is 42.5 Å². The number of anilines is 1. The monoisotopic (exact) mass is 379 g/mol. The molecule has 0 spiro atoms. The van der Waals surface area contributed by atoms with E-state index in [9.17, 15) is 9.59 Å². The fourth-order valence-electron chi connectivity index (χ4n) is 3.30. The van der Waals surface area contributed by atoms with Gasteiger partial charge in [0.2, 0.25) is 5.91 Å². The van der Waals surface area contributed by atoms with Crippen LogP contribution in [0.2, 0.25) is 0 Å². The van der Waals surface area contributed by atoms with E-state index in [0.717, 1.165) is 22.5 Å². The number of carboxylic acid groups (broad SMARTS) is 1. The highest BCUT2D eigenvalue weighted by atomic mass is 16.4.